The fraction of sp³-hybridized carbons (Fsp3) is 0.0714. The van der Waals surface area contributed by atoms with E-state index in [1.165, 1.54) is 30.5 Å². The van der Waals surface area contributed by atoms with Gasteiger partial charge in [-0.1, -0.05) is 12.1 Å². The number of hydrogen-bond donors (Lipinski definition) is 3. The molecule has 0 aliphatic carbocycles. The molecule has 7 heteroatoms. The number of carbonyl (C=O) groups excluding carboxylic acids is 1. The smallest absolute Gasteiger partial charge is 0.322 e. The molecule has 21 heavy (non-hydrogen) atoms. The molecule has 0 radical (unpaired) electrons. The third-order valence-corrected chi connectivity index (χ3v) is 2.57. The molecule has 3 N–H and O–H groups in total. The maximum atomic E-state index is 13.3. The fourth-order valence-corrected chi connectivity index (χ4v) is 1.64. The minimum absolute atomic E-state index is 0.226. The van der Waals surface area contributed by atoms with E-state index in [0.717, 1.165) is 0 Å². The number of rotatable bonds is 5. The molecule has 2 aromatic rings. The van der Waals surface area contributed by atoms with Gasteiger partial charge in [0.25, 0.3) is 8.77 Å². The largest absolute Gasteiger partial charge is 0.505 e. The van der Waals surface area contributed by atoms with E-state index in [0.29, 0.717) is 11.1 Å². The highest BCUT2D eigenvalue weighted by molar-refractivity contribution is 5.96. The van der Waals surface area contributed by atoms with Crippen LogP contribution in [0.2, 0.25) is 1.41 Å². The summed E-state index contributed by atoms with van der Waals surface area (Å²) in [5, 5.41) is 8.20. The van der Waals surface area contributed by atoms with Crippen LogP contribution in [-0.4, -0.2) is 35.1 Å². The standard InChI is InChI=1S/C14H11FN2O4/c15-10-3-1-2-8(4-10)9-5-11(18)13(16-6-9)14(21)17-7-12(19)20/h1-6,18H,7H2,(H,17,21)(H,19,20)/i/hD3. The van der Waals surface area contributed by atoms with Crippen LogP contribution in [0.25, 0.3) is 12.6 Å². The van der Waals surface area contributed by atoms with Crippen LogP contribution in [0.15, 0.2) is 36.5 Å². The minimum Gasteiger partial charge on any atom is -0.505 e. The first-order chi connectivity index (χ1) is 11.5. The van der Waals surface area contributed by atoms with Gasteiger partial charge >= 0.3 is 5.97 Å². The monoisotopic (exact) mass is 293 g/mol. The van der Waals surface area contributed by atoms with Gasteiger partial charge in [0.15, 0.2) is 7.11 Å². The summed E-state index contributed by atoms with van der Waals surface area (Å²) < 4.78 is 34.2. The van der Waals surface area contributed by atoms with Crippen molar-refractivity contribution in [2.75, 3.05) is 6.54 Å². The first-order valence-corrected chi connectivity index (χ1v) is 5.82. The molecule has 0 spiro atoms. The number of aromatic hydroxyl groups is 1. The average Bonchev–Trinajstić information content (AvgIpc) is 2.60. The van der Waals surface area contributed by atoms with Crippen LogP contribution in [0.4, 0.5) is 4.39 Å². The summed E-state index contributed by atoms with van der Waals surface area (Å²) in [4.78, 5) is 26.8. The summed E-state index contributed by atoms with van der Waals surface area (Å²) in [5.41, 5.74) is 0.480. The molecule has 0 saturated heterocycles. The third kappa shape index (κ3) is 3.53. The first-order valence-electron chi connectivity index (χ1n) is 7.08. The molecule has 0 atom stereocenters. The van der Waals surface area contributed by atoms with Crippen molar-refractivity contribution in [3.63, 3.8) is 0 Å². The van der Waals surface area contributed by atoms with E-state index in [2.05, 4.69) is 15.2 Å². The van der Waals surface area contributed by atoms with Gasteiger partial charge in [0.2, 0.25) is 0 Å². The van der Waals surface area contributed by atoms with E-state index in [4.69, 9.17) is 4.27 Å². The van der Waals surface area contributed by atoms with Crippen molar-refractivity contribution in [2.45, 2.75) is 0 Å². The topological polar surface area (TPSA) is 99.5 Å². The molecule has 0 aliphatic rings. The highest BCUT2D eigenvalue weighted by atomic mass is 19.1. The molecule has 0 unspecified atom stereocenters. The van der Waals surface area contributed by atoms with E-state index in [1.807, 2.05) is 0 Å². The molecule has 1 amide bonds. The SMILES string of the molecule is [2H]OC(=O)CN([2H])C(=O)c1ncc(-c2cccc(F)c2)cc1O[2H]. The fourth-order valence-electron chi connectivity index (χ4n) is 1.64. The number of aromatic nitrogens is 1. The Kier molecular flexibility index (Phi) is 3.08. The Morgan fingerprint density at radius 3 is 2.95 bits per heavy atom. The van der Waals surface area contributed by atoms with Crippen LogP contribution < -0.4 is 5.31 Å². The molecule has 1 aromatic heterocycles. The number of halogens is 1. The van der Waals surface area contributed by atoms with Gasteiger partial charge in [-0.05, 0) is 23.8 Å². The number of aliphatic carboxylic acids is 1. The van der Waals surface area contributed by atoms with Crippen LogP contribution in [0, 0.1) is 5.82 Å². The van der Waals surface area contributed by atoms with Crippen LogP contribution in [0.3, 0.4) is 0 Å². The molecular formula is C14H11FN2O4. The predicted octanol–water partition coefficient (Wildman–Crippen LogP) is 1.41. The molecule has 1 aromatic carbocycles. The van der Waals surface area contributed by atoms with Crippen molar-refractivity contribution in [1.29, 1.82) is 2.86 Å². The Morgan fingerprint density at radius 2 is 2.24 bits per heavy atom. The zero-order valence-corrected chi connectivity index (χ0v) is 10.6. The zero-order chi connectivity index (χ0) is 17.7. The third-order valence-electron chi connectivity index (χ3n) is 2.57. The van der Waals surface area contributed by atoms with Crippen molar-refractivity contribution in [2.24, 2.45) is 0 Å². The van der Waals surface area contributed by atoms with Gasteiger partial charge in [-0.15, -0.1) is 0 Å². The normalized spacial score (nSPS) is 11.8. The number of amides is 1. The number of carboxylic acids is 1. The van der Waals surface area contributed by atoms with Gasteiger partial charge < -0.3 is 15.5 Å². The molecule has 108 valence electrons. The Hall–Kier alpha value is -2.96. The Bertz CT molecular complexity index is 775. The summed E-state index contributed by atoms with van der Waals surface area (Å²) in [6.07, 6.45) is 1.25. The average molecular weight is 293 g/mol. The van der Waals surface area contributed by atoms with Gasteiger partial charge in [-0.3, -0.25) is 9.59 Å². The van der Waals surface area contributed by atoms with Crippen molar-refractivity contribution >= 4 is 11.9 Å². The molecular weight excluding hydrogens is 279 g/mol. The molecule has 0 saturated carbocycles. The molecule has 6 nitrogen and oxygen atoms in total. The summed E-state index contributed by atoms with van der Waals surface area (Å²) in [6.45, 7) is -0.785. The first kappa shape index (κ1) is 10.8. The van der Waals surface area contributed by atoms with Crippen LogP contribution >= 0.6 is 0 Å². The van der Waals surface area contributed by atoms with E-state index in [1.54, 1.807) is 6.07 Å². The number of hydrogen-bond acceptors (Lipinski definition) is 5. The Morgan fingerprint density at radius 1 is 1.38 bits per heavy atom. The zero-order valence-electron chi connectivity index (χ0n) is 13.6. The number of carboxylic acid groups (broad SMARTS) is 1. The van der Waals surface area contributed by atoms with Gasteiger partial charge in [0.1, 0.15) is 18.1 Å². The quantitative estimate of drug-likeness (QED) is 0.774. The maximum Gasteiger partial charge on any atom is 0.322 e. The second-order valence-electron chi connectivity index (χ2n) is 4.07. The summed E-state index contributed by atoms with van der Waals surface area (Å²) in [5.74, 6) is -2.86. The number of carbonyl (C=O) groups is 2. The van der Waals surface area contributed by atoms with E-state index < -0.39 is 24.2 Å². The van der Waals surface area contributed by atoms with Gasteiger partial charge in [-0.25, -0.2) is 9.37 Å². The van der Waals surface area contributed by atoms with Gasteiger partial charge in [-0.2, -0.15) is 0 Å². The second kappa shape index (κ2) is 6.00. The van der Waals surface area contributed by atoms with Crippen LogP contribution in [0.5, 0.6) is 5.75 Å². The number of nitrogens with zero attached hydrogens (tertiary/aromatic N) is 1. The van der Waals surface area contributed by atoms with Gasteiger partial charge in [0.05, 0.1) is 0 Å². The van der Waals surface area contributed by atoms with E-state index in [9.17, 15) is 14.0 Å². The predicted molar refractivity (Wildman–Crippen MR) is 71.3 cm³/mol. The summed E-state index contributed by atoms with van der Waals surface area (Å²) in [7, 11) is 0. The number of nitrogens with one attached hydrogen (secondary N) is 1. The van der Waals surface area contributed by atoms with Crippen molar-refractivity contribution < 1.29 is 25.6 Å². The van der Waals surface area contributed by atoms with Crippen molar-refractivity contribution in [3.8, 4) is 16.9 Å². The molecule has 1 heterocycles. The lowest BCUT2D eigenvalue weighted by molar-refractivity contribution is -0.135. The highest BCUT2D eigenvalue weighted by Gasteiger charge is 2.14. The molecule has 0 fully saturated rings. The second-order valence-corrected chi connectivity index (χ2v) is 4.07. The maximum absolute atomic E-state index is 13.3. The van der Waals surface area contributed by atoms with E-state index in [-0.39, 0.29) is 16.8 Å². The van der Waals surface area contributed by atoms with Crippen LogP contribution in [-0.2, 0) is 4.79 Å². The van der Waals surface area contributed by atoms with Crippen molar-refractivity contribution in [1.82, 2.24) is 10.3 Å². The van der Waals surface area contributed by atoms with Crippen molar-refractivity contribution in [3.05, 3.63) is 48.0 Å². The van der Waals surface area contributed by atoms with E-state index >= 15 is 0 Å². The summed E-state index contributed by atoms with van der Waals surface area (Å²) in [6, 6.07) is 6.89. The summed E-state index contributed by atoms with van der Waals surface area (Å²) >= 11 is 0. The number of pyridine rings is 1. The minimum atomic E-state index is -1.11. The molecule has 2 rings (SSSR count). The highest BCUT2D eigenvalue weighted by Crippen LogP contribution is 2.25. The van der Waals surface area contributed by atoms with Gasteiger partial charge in [0, 0.05) is 11.8 Å². The number of benzene rings is 1. The lowest BCUT2D eigenvalue weighted by atomic mass is 10.1. The Balaban J connectivity index is 2.32. The molecule has 0 aliphatic heterocycles. The lowest BCUT2D eigenvalue weighted by Crippen LogP contribution is -2.29. The lowest BCUT2D eigenvalue weighted by Gasteiger charge is -2.07. The molecule has 0 bridgehead atoms. The Labute approximate surface area is 123 Å². The van der Waals surface area contributed by atoms with Crippen LogP contribution in [0.1, 0.15) is 10.5 Å².